The van der Waals surface area contributed by atoms with Crippen LogP contribution in [0.1, 0.15) is 46.5 Å². The molecule has 0 aromatic rings. The molecule has 0 aliphatic heterocycles. The summed E-state index contributed by atoms with van der Waals surface area (Å²) in [6, 6.07) is -2.71. The van der Waals surface area contributed by atoms with E-state index in [1.54, 1.807) is 20.8 Å². The van der Waals surface area contributed by atoms with Gasteiger partial charge in [-0.2, -0.15) is 0 Å². The van der Waals surface area contributed by atoms with Crippen LogP contribution in [0.5, 0.6) is 0 Å². The van der Waals surface area contributed by atoms with Crippen molar-refractivity contribution in [2.45, 2.75) is 64.1 Å². The molecule has 0 unspecified atom stereocenters. The van der Waals surface area contributed by atoms with Crippen LogP contribution in [0.4, 0.5) is 4.79 Å². The van der Waals surface area contributed by atoms with Crippen LogP contribution in [0.3, 0.4) is 0 Å². The molecule has 148 valence electrons. The number of carbonyl (C=O) groups is 5. The van der Waals surface area contributed by atoms with Gasteiger partial charge < -0.3 is 30.7 Å². The largest absolute Gasteiger partial charge is 0.481 e. The molecule has 0 rings (SSSR count). The average Bonchev–Trinajstić information content (AvgIpc) is 2.46. The fourth-order valence-corrected chi connectivity index (χ4v) is 1.60. The Morgan fingerprint density at radius 3 is 2.08 bits per heavy atom. The van der Waals surface area contributed by atoms with E-state index in [4.69, 9.17) is 20.7 Å². The minimum Gasteiger partial charge on any atom is -0.481 e. The molecule has 0 saturated heterocycles. The molecule has 0 aromatic carbocycles. The fourth-order valence-electron chi connectivity index (χ4n) is 1.60. The van der Waals surface area contributed by atoms with Gasteiger partial charge in [-0.25, -0.2) is 9.59 Å². The second kappa shape index (κ2) is 10.3. The van der Waals surface area contributed by atoms with Gasteiger partial charge in [0, 0.05) is 12.8 Å². The van der Waals surface area contributed by atoms with Crippen LogP contribution in [0, 0.1) is 0 Å². The van der Waals surface area contributed by atoms with Crippen molar-refractivity contribution in [3.05, 3.63) is 0 Å². The summed E-state index contributed by atoms with van der Waals surface area (Å²) in [6.07, 6.45) is -2.45. The molecule has 1 amide bonds. The van der Waals surface area contributed by atoms with Gasteiger partial charge in [-0.05, 0) is 33.6 Å². The van der Waals surface area contributed by atoms with Gasteiger partial charge in [0.25, 0.3) is 0 Å². The topological polar surface area (TPSA) is 182 Å². The van der Waals surface area contributed by atoms with E-state index in [9.17, 15) is 24.0 Å². The Labute approximate surface area is 149 Å². The quantitative estimate of drug-likeness (QED) is 0.316. The third-order valence-corrected chi connectivity index (χ3v) is 2.81. The van der Waals surface area contributed by atoms with Gasteiger partial charge >= 0.3 is 30.0 Å². The molecule has 0 fully saturated rings. The standard InChI is InChI=1S/C15H24N2O9/c1-15(2,3)26-14(24)17-9(5-6-10(18)19)13(23)25-11(20)7-4-8(16)12(21)22/h8-9H,4-7,16H2,1-3H3,(H,17,24)(H,18,19)(H,21,22)/t8-,9-/m0/s1. The molecule has 5 N–H and O–H groups in total. The Kier molecular flexibility index (Phi) is 9.27. The number of ether oxygens (including phenoxy) is 2. The summed E-state index contributed by atoms with van der Waals surface area (Å²) in [7, 11) is 0. The summed E-state index contributed by atoms with van der Waals surface area (Å²) in [4.78, 5) is 56.6. The van der Waals surface area contributed by atoms with E-state index in [1.165, 1.54) is 0 Å². The number of alkyl carbamates (subject to hydrolysis) is 1. The first kappa shape index (κ1) is 23.3. The first-order valence-corrected chi connectivity index (χ1v) is 7.76. The van der Waals surface area contributed by atoms with E-state index >= 15 is 0 Å². The van der Waals surface area contributed by atoms with Gasteiger partial charge in [0.05, 0.1) is 0 Å². The highest BCUT2D eigenvalue weighted by molar-refractivity contribution is 5.90. The molecule has 0 radical (unpaired) electrons. The number of esters is 2. The molecule has 2 atom stereocenters. The molecule has 0 spiro atoms. The number of carboxylic acid groups (broad SMARTS) is 2. The van der Waals surface area contributed by atoms with Gasteiger partial charge in [-0.15, -0.1) is 0 Å². The third-order valence-electron chi connectivity index (χ3n) is 2.81. The zero-order valence-electron chi connectivity index (χ0n) is 14.8. The third kappa shape index (κ3) is 11.0. The molecule has 11 heteroatoms. The van der Waals surface area contributed by atoms with Crippen molar-refractivity contribution in [2.24, 2.45) is 5.73 Å². The van der Waals surface area contributed by atoms with E-state index in [0.717, 1.165) is 0 Å². The van der Waals surface area contributed by atoms with Crippen molar-refractivity contribution in [1.29, 1.82) is 0 Å². The number of carbonyl (C=O) groups excluding carboxylic acids is 3. The zero-order valence-corrected chi connectivity index (χ0v) is 14.8. The lowest BCUT2D eigenvalue weighted by molar-refractivity contribution is -0.161. The Hall–Kier alpha value is -2.69. The molecule has 0 saturated carbocycles. The van der Waals surface area contributed by atoms with Crippen molar-refractivity contribution in [2.75, 3.05) is 0 Å². The van der Waals surface area contributed by atoms with Gasteiger partial charge in [0.15, 0.2) is 0 Å². The lowest BCUT2D eigenvalue weighted by Crippen LogP contribution is -2.45. The SMILES string of the molecule is CC(C)(C)OC(=O)N[C@@H](CCC(=O)O)C(=O)OC(=O)CC[C@H](N)C(=O)O. The number of hydrogen-bond donors (Lipinski definition) is 4. The van der Waals surface area contributed by atoms with Crippen LogP contribution in [0.2, 0.25) is 0 Å². The Morgan fingerprint density at radius 2 is 1.62 bits per heavy atom. The van der Waals surface area contributed by atoms with Crippen molar-refractivity contribution < 1.29 is 43.7 Å². The summed E-state index contributed by atoms with van der Waals surface area (Å²) in [5, 5.41) is 19.5. The number of aliphatic carboxylic acids is 2. The summed E-state index contributed by atoms with van der Waals surface area (Å²) < 4.78 is 9.48. The van der Waals surface area contributed by atoms with Crippen molar-refractivity contribution in [3.8, 4) is 0 Å². The Bertz CT molecular complexity index is 554. The van der Waals surface area contributed by atoms with Crippen molar-refractivity contribution in [3.63, 3.8) is 0 Å². The second-order valence-corrected chi connectivity index (χ2v) is 6.41. The van der Waals surface area contributed by atoms with Crippen LogP contribution < -0.4 is 11.1 Å². The molecule has 0 heterocycles. The minimum atomic E-state index is -1.42. The molecule has 11 nitrogen and oxygen atoms in total. The molecular weight excluding hydrogens is 352 g/mol. The molecule has 0 aromatic heterocycles. The van der Waals surface area contributed by atoms with Gasteiger partial charge in [0.2, 0.25) is 0 Å². The van der Waals surface area contributed by atoms with E-state index in [2.05, 4.69) is 10.1 Å². The number of nitrogens with two attached hydrogens (primary N) is 1. The van der Waals surface area contributed by atoms with Crippen LogP contribution in [-0.2, 0) is 28.7 Å². The minimum absolute atomic E-state index is 0.249. The smallest absolute Gasteiger partial charge is 0.408 e. The number of amides is 1. The summed E-state index contributed by atoms with van der Waals surface area (Å²) in [6.45, 7) is 4.77. The first-order valence-electron chi connectivity index (χ1n) is 7.76. The van der Waals surface area contributed by atoms with E-state index in [0.29, 0.717) is 0 Å². The van der Waals surface area contributed by atoms with E-state index < -0.39 is 60.5 Å². The van der Waals surface area contributed by atoms with E-state index in [1.807, 2.05) is 0 Å². The summed E-state index contributed by atoms with van der Waals surface area (Å²) in [5.41, 5.74) is 4.38. The fraction of sp³-hybridized carbons (Fsp3) is 0.667. The van der Waals surface area contributed by atoms with Crippen molar-refractivity contribution >= 4 is 30.0 Å². The average molecular weight is 376 g/mol. The van der Waals surface area contributed by atoms with Gasteiger partial charge in [0.1, 0.15) is 17.7 Å². The predicted molar refractivity (Wildman–Crippen MR) is 86.0 cm³/mol. The van der Waals surface area contributed by atoms with Gasteiger partial charge in [-0.3, -0.25) is 14.4 Å². The number of carboxylic acids is 2. The lowest BCUT2D eigenvalue weighted by atomic mass is 10.1. The Balaban J connectivity index is 4.77. The summed E-state index contributed by atoms with van der Waals surface area (Å²) >= 11 is 0. The number of hydrogen-bond acceptors (Lipinski definition) is 8. The monoisotopic (exact) mass is 376 g/mol. The summed E-state index contributed by atoms with van der Waals surface area (Å²) in [5.74, 6) is -4.74. The Morgan fingerprint density at radius 1 is 1.04 bits per heavy atom. The highest BCUT2D eigenvalue weighted by Crippen LogP contribution is 2.09. The first-order chi connectivity index (χ1) is 11.8. The number of nitrogens with one attached hydrogen (secondary N) is 1. The lowest BCUT2D eigenvalue weighted by Gasteiger charge is -2.22. The van der Waals surface area contributed by atoms with E-state index in [-0.39, 0.29) is 12.8 Å². The molecule has 26 heavy (non-hydrogen) atoms. The van der Waals surface area contributed by atoms with Crippen LogP contribution >= 0.6 is 0 Å². The number of rotatable bonds is 9. The predicted octanol–water partition coefficient (Wildman–Crippen LogP) is 0.00640. The normalized spacial score (nSPS) is 13.2. The highest BCUT2D eigenvalue weighted by atomic mass is 16.6. The molecule has 0 aliphatic carbocycles. The highest BCUT2D eigenvalue weighted by Gasteiger charge is 2.28. The van der Waals surface area contributed by atoms with Crippen LogP contribution in [-0.4, -0.2) is 57.9 Å². The zero-order chi connectivity index (χ0) is 20.5. The maximum absolute atomic E-state index is 12.0. The van der Waals surface area contributed by atoms with Crippen LogP contribution in [0.15, 0.2) is 0 Å². The molecule has 0 bridgehead atoms. The van der Waals surface area contributed by atoms with Gasteiger partial charge in [-0.1, -0.05) is 0 Å². The maximum Gasteiger partial charge on any atom is 0.408 e. The maximum atomic E-state index is 12.0. The van der Waals surface area contributed by atoms with Crippen LogP contribution in [0.25, 0.3) is 0 Å². The second-order valence-electron chi connectivity index (χ2n) is 6.41. The van der Waals surface area contributed by atoms with Crippen molar-refractivity contribution in [1.82, 2.24) is 5.32 Å². The molecule has 0 aliphatic rings. The molecular formula is C15H24N2O9.